The van der Waals surface area contributed by atoms with Gasteiger partial charge in [0.05, 0.1) is 5.52 Å². The maximum atomic E-state index is 11.4. The van der Waals surface area contributed by atoms with Gasteiger partial charge in [-0.25, -0.2) is 4.98 Å². The minimum absolute atomic E-state index is 0.0194. The summed E-state index contributed by atoms with van der Waals surface area (Å²) < 4.78 is 0. The minimum atomic E-state index is 0.0194. The van der Waals surface area contributed by atoms with Gasteiger partial charge in [0, 0.05) is 12.3 Å². The van der Waals surface area contributed by atoms with Crippen LogP contribution in [0, 0.1) is 20.8 Å². The van der Waals surface area contributed by atoms with Gasteiger partial charge in [-0.1, -0.05) is 12.1 Å². The van der Waals surface area contributed by atoms with Gasteiger partial charge in [0.1, 0.15) is 5.69 Å². The largest absolute Gasteiger partial charge is 0.293 e. The number of aryl methyl sites for hydroxylation is 3. The second-order valence-electron chi connectivity index (χ2n) is 4.30. The van der Waals surface area contributed by atoms with Gasteiger partial charge in [0.2, 0.25) is 0 Å². The van der Waals surface area contributed by atoms with Crippen molar-refractivity contribution >= 4 is 16.7 Å². The Labute approximate surface area is 95.3 Å². The highest BCUT2D eigenvalue weighted by atomic mass is 16.1. The zero-order chi connectivity index (χ0) is 11.9. The van der Waals surface area contributed by atoms with E-state index in [1.54, 1.807) is 6.92 Å². The maximum Gasteiger partial charge on any atom is 0.178 e. The minimum Gasteiger partial charge on any atom is -0.293 e. The first-order valence-electron chi connectivity index (χ1n) is 5.39. The van der Waals surface area contributed by atoms with Crippen molar-refractivity contribution in [1.82, 2.24) is 4.98 Å². The molecule has 0 unspecified atom stereocenters. The third kappa shape index (κ3) is 1.60. The van der Waals surface area contributed by atoms with Crippen LogP contribution in [-0.2, 0) is 0 Å². The zero-order valence-corrected chi connectivity index (χ0v) is 10.1. The van der Waals surface area contributed by atoms with Crippen LogP contribution in [0.1, 0.15) is 34.1 Å². The molecular weight excluding hydrogens is 198 g/mol. The molecule has 0 N–H and O–H groups in total. The van der Waals surface area contributed by atoms with E-state index in [4.69, 9.17) is 0 Å². The first-order chi connectivity index (χ1) is 7.50. The Morgan fingerprint density at radius 3 is 2.31 bits per heavy atom. The predicted octanol–water partition coefficient (Wildman–Crippen LogP) is 3.36. The number of hydrogen-bond acceptors (Lipinski definition) is 2. The van der Waals surface area contributed by atoms with Crippen molar-refractivity contribution in [2.75, 3.05) is 0 Å². The molecule has 16 heavy (non-hydrogen) atoms. The van der Waals surface area contributed by atoms with Gasteiger partial charge >= 0.3 is 0 Å². The van der Waals surface area contributed by atoms with Crippen LogP contribution in [0.5, 0.6) is 0 Å². The summed E-state index contributed by atoms with van der Waals surface area (Å²) in [7, 11) is 0. The first-order valence-corrected chi connectivity index (χ1v) is 5.39. The van der Waals surface area contributed by atoms with Crippen LogP contribution in [0.25, 0.3) is 10.9 Å². The molecule has 0 aliphatic carbocycles. The Bertz CT molecular complexity index is 585. The van der Waals surface area contributed by atoms with Crippen molar-refractivity contribution in [2.45, 2.75) is 27.7 Å². The molecule has 2 nitrogen and oxygen atoms in total. The van der Waals surface area contributed by atoms with Gasteiger partial charge in [-0.3, -0.25) is 4.79 Å². The van der Waals surface area contributed by atoms with Crippen LogP contribution in [0.15, 0.2) is 18.2 Å². The number of ketones is 1. The molecule has 1 aromatic heterocycles. The number of benzene rings is 1. The fourth-order valence-electron chi connectivity index (χ4n) is 2.05. The van der Waals surface area contributed by atoms with Crippen LogP contribution < -0.4 is 0 Å². The van der Waals surface area contributed by atoms with Crippen LogP contribution in [0.3, 0.4) is 0 Å². The molecule has 0 aliphatic heterocycles. The van der Waals surface area contributed by atoms with E-state index in [0.717, 1.165) is 16.6 Å². The number of pyridine rings is 1. The second-order valence-corrected chi connectivity index (χ2v) is 4.30. The standard InChI is InChI=1S/C14H15NO/c1-8-5-6-9(2)14-13(8)10(3)7-12(15-14)11(4)16/h5-7H,1-4H3. The summed E-state index contributed by atoms with van der Waals surface area (Å²) in [6.45, 7) is 7.68. The highest BCUT2D eigenvalue weighted by Crippen LogP contribution is 2.24. The number of hydrogen-bond donors (Lipinski definition) is 0. The lowest BCUT2D eigenvalue weighted by atomic mass is 10.0. The number of nitrogens with zero attached hydrogens (tertiary/aromatic N) is 1. The summed E-state index contributed by atoms with van der Waals surface area (Å²) in [6, 6.07) is 6.02. The number of Topliss-reactive ketones (excluding diaryl/α,β-unsaturated/α-hetero) is 1. The Morgan fingerprint density at radius 2 is 1.69 bits per heavy atom. The number of fused-ring (bicyclic) bond motifs is 1. The van der Waals surface area contributed by atoms with E-state index < -0.39 is 0 Å². The normalized spacial score (nSPS) is 10.8. The lowest BCUT2D eigenvalue weighted by molar-refractivity contribution is 0.101. The molecule has 2 aromatic rings. The fraction of sp³-hybridized carbons (Fsp3) is 0.286. The average molecular weight is 213 g/mol. The Kier molecular flexibility index (Phi) is 2.50. The van der Waals surface area contributed by atoms with E-state index in [9.17, 15) is 4.79 Å². The molecule has 0 fully saturated rings. The van der Waals surface area contributed by atoms with E-state index in [2.05, 4.69) is 18.0 Å². The zero-order valence-electron chi connectivity index (χ0n) is 10.1. The van der Waals surface area contributed by atoms with E-state index in [-0.39, 0.29) is 5.78 Å². The van der Waals surface area contributed by atoms with Gasteiger partial charge in [-0.2, -0.15) is 0 Å². The maximum absolute atomic E-state index is 11.4. The molecule has 2 heteroatoms. The van der Waals surface area contributed by atoms with E-state index >= 15 is 0 Å². The van der Waals surface area contributed by atoms with Crippen molar-refractivity contribution in [3.8, 4) is 0 Å². The number of carbonyl (C=O) groups excluding carboxylic acids is 1. The summed E-state index contributed by atoms with van der Waals surface area (Å²) in [5, 5.41) is 1.17. The van der Waals surface area contributed by atoms with Crippen LogP contribution in [0.2, 0.25) is 0 Å². The van der Waals surface area contributed by atoms with Gasteiger partial charge in [-0.15, -0.1) is 0 Å². The Hall–Kier alpha value is -1.70. The van der Waals surface area contributed by atoms with Crippen molar-refractivity contribution < 1.29 is 4.79 Å². The van der Waals surface area contributed by atoms with Crippen LogP contribution >= 0.6 is 0 Å². The molecule has 0 aliphatic rings. The summed E-state index contributed by atoms with van der Waals surface area (Å²) in [5.74, 6) is 0.0194. The highest BCUT2D eigenvalue weighted by molar-refractivity contribution is 5.97. The predicted molar refractivity (Wildman–Crippen MR) is 66.0 cm³/mol. The smallest absolute Gasteiger partial charge is 0.178 e. The highest BCUT2D eigenvalue weighted by Gasteiger charge is 2.09. The number of aromatic nitrogens is 1. The molecule has 1 heterocycles. The van der Waals surface area contributed by atoms with Crippen molar-refractivity contribution in [3.63, 3.8) is 0 Å². The Balaban J connectivity index is 2.92. The first kappa shape index (κ1) is 10.8. The SMILES string of the molecule is CC(=O)c1cc(C)c2c(C)ccc(C)c2n1. The molecule has 0 amide bonds. The van der Waals surface area contributed by atoms with Crippen LogP contribution in [-0.4, -0.2) is 10.8 Å². The second kappa shape index (κ2) is 3.71. The van der Waals surface area contributed by atoms with Crippen molar-refractivity contribution in [3.05, 3.63) is 40.6 Å². The molecule has 1 aromatic carbocycles. The lowest BCUT2D eigenvalue weighted by Gasteiger charge is -2.09. The number of carbonyl (C=O) groups is 1. The molecule has 82 valence electrons. The van der Waals surface area contributed by atoms with Crippen LogP contribution in [0.4, 0.5) is 0 Å². The molecule has 0 spiro atoms. The van der Waals surface area contributed by atoms with Crippen molar-refractivity contribution in [1.29, 1.82) is 0 Å². The molecule has 0 radical (unpaired) electrons. The van der Waals surface area contributed by atoms with Gasteiger partial charge in [0.25, 0.3) is 0 Å². The third-order valence-corrected chi connectivity index (χ3v) is 2.93. The molecule has 0 saturated heterocycles. The summed E-state index contributed by atoms with van der Waals surface area (Å²) in [6.07, 6.45) is 0. The molecular formula is C14H15NO. The quantitative estimate of drug-likeness (QED) is 0.680. The third-order valence-electron chi connectivity index (χ3n) is 2.93. The molecule has 0 saturated carbocycles. The summed E-state index contributed by atoms with van der Waals surface area (Å²) >= 11 is 0. The fourth-order valence-corrected chi connectivity index (χ4v) is 2.05. The van der Waals surface area contributed by atoms with Gasteiger partial charge in [0.15, 0.2) is 5.78 Å². The summed E-state index contributed by atoms with van der Waals surface area (Å²) in [5.41, 5.74) is 4.95. The van der Waals surface area contributed by atoms with Gasteiger partial charge in [-0.05, 0) is 43.5 Å². The lowest BCUT2D eigenvalue weighted by Crippen LogP contribution is -2.00. The van der Waals surface area contributed by atoms with E-state index in [1.165, 1.54) is 10.9 Å². The topological polar surface area (TPSA) is 30.0 Å². The number of rotatable bonds is 1. The molecule has 0 bridgehead atoms. The monoisotopic (exact) mass is 213 g/mol. The van der Waals surface area contributed by atoms with Gasteiger partial charge < -0.3 is 0 Å². The average Bonchev–Trinajstić information content (AvgIpc) is 2.22. The Morgan fingerprint density at radius 1 is 1.06 bits per heavy atom. The van der Waals surface area contributed by atoms with E-state index in [0.29, 0.717) is 5.69 Å². The summed E-state index contributed by atoms with van der Waals surface area (Å²) in [4.78, 5) is 15.8. The molecule has 2 rings (SSSR count). The van der Waals surface area contributed by atoms with E-state index in [1.807, 2.05) is 26.0 Å². The molecule has 0 atom stereocenters. The van der Waals surface area contributed by atoms with Crippen molar-refractivity contribution in [2.24, 2.45) is 0 Å².